The molecule has 1 heterocycles. The third-order valence-electron chi connectivity index (χ3n) is 25.9. The third kappa shape index (κ3) is 46.4. The van der Waals surface area contributed by atoms with Crippen LogP contribution in [0.1, 0.15) is 150 Å². The molecule has 4 aliphatic rings. The smallest absolute Gasteiger partial charge is 0.253 e. The molecule has 32 nitrogen and oxygen atoms in total. The van der Waals surface area contributed by atoms with Gasteiger partial charge in [0.05, 0.1) is 291 Å². The number of ketones is 1. The Morgan fingerprint density at radius 3 is 0.993 bits per heavy atom. The number of amides is 4. The van der Waals surface area contributed by atoms with E-state index in [-0.39, 0.29) is 52.1 Å². The molecule has 5 aromatic rings. The molecule has 1 fully saturated rings. The standard InChI is InChI=1S/C112H169N3O29/c1-6-107(117)113-37-8-7-34-111(3)103-86-95(93-21-17-91(18-22-93)13-9-14-98(116)15-10-38-114-110(120)94-23-19-92(20-24-94)89-115-108(118)32-33-109(115)119)25-29-99(103)100-30-26-96(87-104(100)111)97-27-31-102-101-28-16-90(2)85-105(101)112(106(102)88-97,35-11-39-123-45-47-127-53-55-131-61-63-135-69-71-139-77-79-143-83-81-141-75-73-137-67-65-133-59-57-129-51-49-125-43-41-121-4)36-12-40-124-46-48-128-54-56-132-62-64-136-70-72-140-78-80-144-84-82-142-76-74-138-68-66-134-60-58-130-52-50-126-44-42-122-5/h16-18,21-22,25-33,85-88,92,94H,6-15,19-20,23-24,34-84,89H2,1-5H3,(H,113,117)(H,114,120). The molecule has 1 atom stereocenters. The van der Waals surface area contributed by atoms with E-state index in [1.807, 2.05) is 6.92 Å². The van der Waals surface area contributed by atoms with Crippen LogP contribution >= 0.6 is 0 Å². The SMILES string of the molecule is CCC(=O)NCCCCC1(C)c2cc(-c3ccc(CCCC(=O)CCCNC(=O)C4CCC(CN5C(=O)C=CC5=O)CC4)cc3)ccc2-c2ccc(-c3ccc4c(c3)C(CCCOCCOCCOCCOCCOCCOCCOCCOCCOCCOCCOCCOC)(CCCOCCOCCOCCOCCOCCOCCOCCOCCOCCOCCOCCOC)c3cc(C)ccc3-4)cc21. The number of Topliss-reactive ketones (excluding diaryl/α,β-unsaturated/α-hetero) is 1. The number of aryl methyl sites for hydroxylation is 2. The molecule has 5 aromatic carbocycles. The fourth-order valence-electron chi connectivity index (χ4n) is 18.1. The number of hydrogen-bond donors (Lipinski definition) is 2. The molecule has 806 valence electrons. The van der Waals surface area contributed by atoms with Crippen molar-refractivity contribution < 1.29 is 138 Å². The van der Waals surface area contributed by atoms with Gasteiger partial charge in [0.1, 0.15) is 5.78 Å². The Morgan fingerprint density at radius 2 is 0.632 bits per heavy atom. The van der Waals surface area contributed by atoms with Crippen LogP contribution in [0.3, 0.4) is 0 Å². The fraction of sp³-hybridized carbons (Fsp3) is 0.670. The molecule has 0 aromatic heterocycles. The van der Waals surface area contributed by atoms with Crippen molar-refractivity contribution in [3.05, 3.63) is 143 Å². The molecule has 9 rings (SSSR count). The monoisotopic (exact) mass is 2020 g/mol. The molecule has 1 unspecified atom stereocenters. The van der Waals surface area contributed by atoms with Crippen LogP contribution in [0, 0.1) is 18.8 Å². The molecule has 1 saturated carbocycles. The zero-order valence-electron chi connectivity index (χ0n) is 87.0. The Hall–Kier alpha value is -7.37. The first kappa shape index (κ1) is 120. The Morgan fingerprint density at radius 1 is 0.326 bits per heavy atom. The quantitative estimate of drug-likeness (QED) is 0.0270. The maximum absolute atomic E-state index is 13.1. The zero-order valence-corrected chi connectivity index (χ0v) is 87.0. The van der Waals surface area contributed by atoms with Gasteiger partial charge in [0, 0.05) is 95.2 Å². The van der Waals surface area contributed by atoms with E-state index in [9.17, 15) is 24.0 Å². The van der Waals surface area contributed by atoms with Crippen LogP contribution in [0.4, 0.5) is 0 Å². The molecule has 144 heavy (non-hydrogen) atoms. The molecule has 3 aliphatic carbocycles. The van der Waals surface area contributed by atoms with Gasteiger partial charge in [-0.25, -0.2) is 0 Å². The number of nitrogens with zero attached hydrogens (tertiary/aromatic N) is 1. The molecule has 2 N–H and O–H groups in total. The Kier molecular flexibility index (Phi) is 62.9. The maximum atomic E-state index is 13.1. The number of hydrogen-bond acceptors (Lipinski definition) is 29. The summed E-state index contributed by atoms with van der Waals surface area (Å²) in [6.07, 6.45) is 15.2. The minimum absolute atomic E-state index is 0.0221. The number of fused-ring (bicyclic) bond motifs is 6. The van der Waals surface area contributed by atoms with Gasteiger partial charge in [-0.05, 0) is 187 Å². The van der Waals surface area contributed by atoms with Gasteiger partial charge in [0.2, 0.25) is 11.8 Å². The van der Waals surface area contributed by atoms with Crippen LogP contribution in [-0.4, -0.2) is 372 Å². The first-order chi connectivity index (χ1) is 70.8. The fourth-order valence-corrected chi connectivity index (χ4v) is 18.1. The van der Waals surface area contributed by atoms with Gasteiger partial charge in [-0.15, -0.1) is 0 Å². The first-order valence-corrected chi connectivity index (χ1v) is 52.8. The van der Waals surface area contributed by atoms with Gasteiger partial charge in [-0.3, -0.25) is 28.9 Å². The Labute approximate surface area is 855 Å². The Balaban J connectivity index is 0.704. The summed E-state index contributed by atoms with van der Waals surface area (Å²) in [5.41, 5.74) is 16.6. The van der Waals surface area contributed by atoms with E-state index in [1.165, 1.54) is 72.7 Å². The van der Waals surface area contributed by atoms with Crippen molar-refractivity contribution in [2.24, 2.45) is 11.8 Å². The Bertz CT molecular complexity index is 4230. The molecular formula is C112H169N3O29. The molecule has 32 heteroatoms. The molecular weight excluding hydrogens is 1850 g/mol. The number of imide groups is 1. The number of unbranched alkanes of at least 4 members (excludes halogenated alkanes) is 1. The van der Waals surface area contributed by atoms with Gasteiger partial charge in [0.25, 0.3) is 11.8 Å². The summed E-state index contributed by atoms with van der Waals surface area (Å²) < 4.78 is 135. The maximum Gasteiger partial charge on any atom is 0.253 e. The predicted molar refractivity (Wildman–Crippen MR) is 549 cm³/mol. The van der Waals surface area contributed by atoms with E-state index >= 15 is 0 Å². The van der Waals surface area contributed by atoms with Crippen LogP contribution in [0.2, 0.25) is 0 Å². The van der Waals surface area contributed by atoms with Crippen LogP contribution in [0.15, 0.2) is 109 Å². The number of ether oxygens (including phenoxy) is 24. The van der Waals surface area contributed by atoms with Crippen molar-refractivity contribution in [2.45, 2.75) is 141 Å². The first-order valence-electron chi connectivity index (χ1n) is 52.8. The van der Waals surface area contributed by atoms with Gasteiger partial charge in [-0.1, -0.05) is 105 Å². The van der Waals surface area contributed by atoms with E-state index in [0.717, 1.165) is 106 Å². The second kappa shape index (κ2) is 75.3. The normalized spacial score (nSPS) is 15.6. The lowest BCUT2D eigenvalue weighted by molar-refractivity contribution is -0.138. The van der Waals surface area contributed by atoms with Crippen molar-refractivity contribution in [3.8, 4) is 44.5 Å². The highest BCUT2D eigenvalue weighted by Gasteiger charge is 2.44. The van der Waals surface area contributed by atoms with E-state index < -0.39 is 0 Å². The van der Waals surface area contributed by atoms with Gasteiger partial charge in [-0.2, -0.15) is 0 Å². The summed E-state index contributed by atoms with van der Waals surface area (Å²) in [5.74, 6) is -0.125. The highest BCUT2D eigenvalue weighted by molar-refractivity contribution is 6.12. The topological polar surface area (TPSA) is 334 Å². The van der Waals surface area contributed by atoms with Crippen LogP contribution in [0.25, 0.3) is 44.5 Å². The minimum Gasteiger partial charge on any atom is -0.382 e. The molecule has 0 bridgehead atoms. The number of rotatable bonds is 93. The lowest BCUT2D eigenvalue weighted by atomic mass is 9.70. The van der Waals surface area contributed by atoms with Crippen molar-refractivity contribution in [1.82, 2.24) is 15.5 Å². The third-order valence-corrected chi connectivity index (χ3v) is 25.9. The number of carbonyl (C=O) groups is 5. The van der Waals surface area contributed by atoms with Crippen molar-refractivity contribution in [3.63, 3.8) is 0 Å². The lowest BCUT2D eigenvalue weighted by Gasteiger charge is -2.33. The summed E-state index contributed by atoms with van der Waals surface area (Å²) in [4.78, 5) is 64.1. The van der Waals surface area contributed by atoms with Gasteiger partial charge in [0.15, 0.2) is 0 Å². The summed E-state index contributed by atoms with van der Waals surface area (Å²) in [6, 6.07) is 37.0. The predicted octanol–water partition coefficient (Wildman–Crippen LogP) is 13.3. The second-order valence-electron chi connectivity index (χ2n) is 36.4. The molecule has 0 saturated heterocycles. The summed E-state index contributed by atoms with van der Waals surface area (Å²) >= 11 is 0. The van der Waals surface area contributed by atoms with Crippen molar-refractivity contribution in [2.75, 3.05) is 338 Å². The second-order valence-corrected chi connectivity index (χ2v) is 36.4. The molecule has 1 aliphatic heterocycles. The van der Waals surface area contributed by atoms with E-state index in [0.29, 0.717) is 349 Å². The zero-order chi connectivity index (χ0) is 101. The molecule has 0 spiro atoms. The minimum atomic E-state index is -0.343. The number of methoxy groups -OCH3 is 2. The highest BCUT2D eigenvalue weighted by Crippen LogP contribution is 2.57. The molecule has 0 radical (unpaired) electrons. The lowest BCUT2D eigenvalue weighted by Crippen LogP contribution is -2.38. The highest BCUT2D eigenvalue weighted by atomic mass is 16.6. The van der Waals surface area contributed by atoms with Gasteiger partial charge >= 0.3 is 0 Å². The number of carbonyl (C=O) groups excluding carboxylic acids is 5. The average molecular weight is 2020 g/mol. The molecule has 4 amide bonds. The number of benzene rings is 5. The van der Waals surface area contributed by atoms with Crippen LogP contribution < -0.4 is 10.6 Å². The van der Waals surface area contributed by atoms with E-state index in [2.05, 4.69) is 122 Å². The van der Waals surface area contributed by atoms with Crippen LogP contribution in [0.5, 0.6) is 0 Å². The number of nitrogens with one attached hydrogen (secondary N) is 2. The van der Waals surface area contributed by atoms with Crippen molar-refractivity contribution in [1.29, 1.82) is 0 Å². The van der Waals surface area contributed by atoms with Crippen LogP contribution in [-0.2, 0) is 155 Å². The summed E-state index contributed by atoms with van der Waals surface area (Å²) in [6.45, 7) is 30.5. The van der Waals surface area contributed by atoms with Crippen molar-refractivity contribution >= 4 is 29.4 Å². The summed E-state index contributed by atoms with van der Waals surface area (Å²) in [7, 11) is 3.29. The average Bonchev–Trinajstić information content (AvgIpc) is 1.96. The van der Waals surface area contributed by atoms with E-state index in [4.69, 9.17) is 114 Å². The van der Waals surface area contributed by atoms with E-state index in [1.54, 1.807) is 14.2 Å². The summed E-state index contributed by atoms with van der Waals surface area (Å²) in [5, 5.41) is 6.18. The van der Waals surface area contributed by atoms with Gasteiger partial charge < -0.3 is 124 Å². The largest absolute Gasteiger partial charge is 0.382 e.